The molecule has 0 aromatic heterocycles. The number of ether oxygens (including phenoxy) is 1. The van der Waals surface area contributed by atoms with E-state index >= 15 is 0 Å². The van der Waals surface area contributed by atoms with Gasteiger partial charge in [0, 0.05) is 11.5 Å². The van der Waals surface area contributed by atoms with Crippen molar-refractivity contribution in [3.8, 4) is 0 Å². The topological polar surface area (TPSA) is 60.4 Å². The van der Waals surface area contributed by atoms with Crippen molar-refractivity contribution in [2.75, 3.05) is 7.11 Å². The fourth-order valence-corrected chi connectivity index (χ4v) is 2.15. The van der Waals surface area contributed by atoms with Crippen molar-refractivity contribution in [1.82, 2.24) is 0 Å². The van der Waals surface area contributed by atoms with E-state index < -0.39 is 15.8 Å². The van der Waals surface area contributed by atoms with Gasteiger partial charge in [-0.15, -0.1) is 0 Å². The number of hydrogen-bond acceptors (Lipinski definition) is 4. The van der Waals surface area contributed by atoms with Gasteiger partial charge in [0.2, 0.25) is 0 Å². The summed E-state index contributed by atoms with van der Waals surface area (Å²) in [7, 11) is -2.23. The van der Waals surface area contributed by atoms with Crippen molar-refractivity contribution in [2.24, 2.45) is 0 Å². The molecule has 0 atom stereocenters. The van der Waals surface area contributed by atoms with Gasteiger partial charge in [-0.1, -0.05) is 30.3 Å². The standard InChI is InChI=1S/C11H12O4S/c1-15-11(12)7-8-16(13,14)9-10-5-3-2-4-6-10/h2-8H,9H2,1H3/b8-7-. The molecule has 0 aliphatic rings. The third kappa shape index (κ3) is 4.27. The van der Waals surface area contributed by atoms with Crippen LogP contribution in [0.1, 0.15) is 5.56 Å². The van der Waals surface area contributed by atoms with Gasteiger partial charge >= 0.3 is 5.97 Å². The van der Waals surface area contributed by atoms with Crippen LogP contribution in [0.15, 0.2) is 41.8 Å². The van der Waals surface area contributed by atoms with Crippen LogP contribution in [-0.4, -0.2) is 21.5 Å². The maximum atomic E-state index is 11.5. The van der Waals surface area contributed by atoms with Crippen molar-refractivity contribution in [3.05, 3.63) is 47.4 Å². The van der Waals surface area contributed by atoms with Gasteiger partial charge in [-0.3, -0.25) is 0 Å². The molecule has 16 heavy (non-hydrogen) atoms. The first-order chi connectivity index (χ1) is 7.53. The Morgan fingerprint density at radius 3 is 2.50 bits per heavy atom. The Bertz CT molecular complexity index is 474. The molecule has 86 valence electrons. The zero-order valence-corrected chi connectivity index (χ0v) is 9.61. The number of carbonyl (C=O) groups excluding carboxylic acids is 1. The third-order valence-corrected chi connectivity index (χ3v) is 3.11. The van der Waals surface area contributed by atoms with Crippen molar-refractivity contribution in [1.29, 1.82) is 0 Å². The number of benzene rings is 1. The predicted octanol–water partition coefficient (Wildman–Crippen LogP) is 1.29. The first-order valence-electron chi connectivity index (χ1n) is 4.56. The van der Waals surface area contributed by atoms with Gasteiger partial charge in [-0.05, 0) is 5.56 Å². The zero-order chi connectivity index (χ0) is 12.0. The van der Waals surface area contributed by atoms with Gasteiger partial charge < -0.3 is 4.74 Å². The van der Waals surface area contributed by atoms with E-state index in [1.54, 1.807) is 30.3 Å². The lowest BCUT2D eigenvalue weighted by Crippen LogP contribution is -2.02. The molecule has 5 heteroatoms. The van der Waals surface area contributed by atoms with Crippen LogP contribution in [0.5, 0.6) is 0 Å². The minimum Gasteiger partial charge on any atom is -0.466 e. The number of carbonyl (C=O) groups is 1. The second-order valence-corrected chi connectivity index (χ2v) is 5.01. The van der Waals surface area contributed by atoms with Crippen LogP contribution in [0.3, 0.4) is 0 Å². The second kappa shape index (κ2) is 5.46. The van der Waals surface area contributed by atoms with Crippen LogP contribution in [0, 0.1) is 0 Å². The van der Waals surface area contributed by atoms with Crippen LogP contribution in [0.4, 0.5) is 0 Å². The highest BCUT2D eigenvalue weighted by Gasteiger charge is 2.08. The Morgan fingerprint density at radius 2 is 1.94 bits per heavy atom. The van der Waals surface area contributed by atoms with Gasteiger partial charge in [-0.2, -0.15) is 0 Å². The van der Waals surface area contributed by atoms with Crippen LogP contribution >= 0.6 is 0 Å². The van der Waals surface area contributed by atoms with E-state index in [-0.39, 0.29) is 5.75 Å². The summed E-state index contributed by atoms with van der Waals surface area (Å²) in [5, 5.41) is 0.867. The summed E-state index contributed by atoms with van der Waals surface area (Å²) in [5.74, 6) is -0.807. The number of rotatable bonds is 4. The summed E-state index contributed by atoms with van der Waals surface area (Å²) in [5.41, 5.74) is 0.678. The van der Waals surface area contributed by atoms with Crippen molar-refractivity contribution >= 4 is 15.8 Å². The summed E-state index contributed by atoms with van der Waals surface area (Å²) in [4.78, 5) is 10.7. The summed E-state index contributed by atoms with van der Waals surface area (Å²) in [6.07, 6.45) is 0.901. The van der Waals surface area contributed by atoms with Crippen molar-refractivity contribution in [2.45, 2.75) is 5.75 Å². The van der Waals surface area contributed by atoms with E-state index in [0.29, 0.717) is 5.56 Å². The molecule has 4 nitrogen and oxygen atoms in total. The van der Waals surface area contributed by atoms with Crippen LogP contribution < -0.4 is 0 Å². The Hall–Kier alpha value is -1.62. The summed E-state index contributed by atoms with van der Waals surface area (Å²) in [6.45, 7) is 0. The molecule has 0 bridgehead atoms. The number of esters is 1. The molecule has 1 aromatic rings. The normalized spacial score (nSPS) is 11.6. The van der Waals surface area contributed by atoms with Gasteiger partial charge in [-0.25, -0.2) is 13.2 Å². The average Bonchev–Trinajstić information content (AvgIpc) is 2.27. The SMILES string of the molecule is COC(=O)/C=C\S(=O)(=O)Cc1ccccc1. The Morgan fingerprint density at radius 1 is 1.31 bits per heavy atom. The minimum absolute atomic E-state index is 0.124. The van der Waals surface area contributed by atoms with E-state index in [0.717, 1.165) is 11.5 Å². The molecule has 0 spiro atoms. The highest BCUT2D eigenvalue weighted by Crippen LogP contribution is 2.06. The lowest BCUT2D eigenvalue weighted by atomic mass is 10.2. The quantitative estimate of drug-likeness (QED) is 0.587. The van der Waals surface area contributed by atoms with Crippen LogP contribution in [0.2, 0.25) is 0 Å². The van der Waals surface area contributed by atoms with Gasteiger partial charge in [0.1, 0.15) is 0 Å². The molecule has 0 radical (unpaired) electrons. The fourth-order valence-electron chi connectivity index (χ4n) is 1.08. The molecule has 0 fully saturated rings. The Labute approximate surface area is 94.5 Å². The molecule has 1 aromatic carbocycles. The highest BCUT2D eigenvalue weighted by molar-refractivity contribution is 7.93. The fraction of sp³-hybridized carbons (Fsp3) is 0.182. The smallest absolute Gasteiger partial charge is 0.331 e. The van der Waals surface area contributed by atoms with E-state index in [2.05, 4.69) is 4.74 Å². The van der Waals surface area contributed by atoms with Crippen LogP contribution in [-0.2, 0) is 25.1 Å². The maximum absolute atomic E-state index is 11.5. The van der Waals surface area contributed by atoms with E-state index in [9.17, 15) is 13.2 Å². The first-order valence-corrected chi connectivity index (χ1v) is 6.28. The van der Waals surface area contributed by atoms with Gasteiger partial charge in [0.15, 0.2) is 9.84 Å². The molecule has 0 unspecified atom stereocenters. The Balaban J connectivity index is 2.74. The molecule has 0 aliphatic heterocycles. The molecule has 0 saturated heterocycles. The molecule has 0 aliphatic carbocycles. The average molecular weight is 240 g/mol. The minimum atomic E-state index is -3.42. The number of methoxy groups -OCH3 is 1. The summed E-state index contributed by atoms with van der Waals surface area (Å²) >= 11 is 0. The lowest BCUT2D eigenvalue weighted by Gasteiger charge is -1.98. The van der Waals surface area contributed by atoms with Crippen molar-refractivity contribution < 1.29 is 17.9 Å². The van der Waals surface area contributed by atoms with E-state index in [1.807, 2.05) is 0 Å². The van der Waals surface area contributed by atoms with Crippen molar-refractivity contribution in [3.63, 3.8) is 0 Å². The summed E-state index contributed by atoms with van der Waals surface area (Å²) in [6, 6.07) is 8.75. The molecule has 0 heterocycles. The molecule has 0 saturated carbocycles. The lowest BCUT2D eigenvalue weighted by molar-refractivity contribution is -0.134. The third-order valence-electron chi connectivity index (χ3n) is 1.82. The zero-order valence-electron chi connectivity index (χ0n) is 8.79. The Kier molecular flexibility index (Phi) is 4.25. The monoisotopic (exact) mass is 240 g/mol. The molecular formula is C11H12O4S. The van der Waals surface area contributed by atoms with E-state index in [1.165, 1.54) is 7.11 Å². The van der Waals surface area contributed by atoms with Crippen LogP contribution in [0.25, 0.3) is 0 Å². The largest absolute Gasteiger partial charge is 0.466 e. The number of hydrogen-bond donors (Lipinski definition) is 0. The van der Waals surface area contributed by atoms with E-state index in [4.69, 9.17) is 0 Å². The highest BCUT2D eigenvalue weighted by atomic mass is 32.2. The molecule has 1 rings (SSSR count). The molecule has 0 N–H and O–H groups in total. The maximum Gasteiger partial charge on any atom is 0.331 e. The van der Waals surface area contributed by atoms with Gasteiger partial charge in [0.05, 0.1) is 12.9 Å². The number of sulfone groups is 1. The summed E-state index contributed by atoms with van der Waals surface area (Å²) < 4.78 is 27.4. The van der Waals surface area contributed by atoms with Gasteiger partial charge in [0.25, 0.3) is 0 Å². The molecular weight excluding hydrogens is 228 g/mol. The second-order valence-electron chi connectivity index (χ2n) is 3.12. The first kappa shape index (κ1) is 12.4. The molecule has 0 amide bonds. The predicted molar refractivity (Wildman–Crippen MR) is 60.2 cm³/mol.